The fourth-order valence-electron chi connectivity index (χ4n) is 3.40. The highest BCUT2D eigenvalue weighted by molar-refractivity contribution is 6.08. The molecule has 0 bridgehead atoms. The van der Waals surface area contributed by atoms with Crippen molar-refractivity contribution in [3.63, 3.8) is 0 Å². The Morgan fingerprint density at radius 3 is 2.34 bits per heavy atom. The van der Waals surface area contributed by atoms with Crippen LogP contribution in [0, 0.1) is 19.7 Å². The third-order valence-corrected chi connectivity index (χ3v) is 4.77. The third-order valence-electron chi connectivity index (χ3n) is 4.77. The molecule has 0 aliphatic heterocycles. The fraction of sp³-hybridized carbons (Fsp3) is 0.217. The minimum absolute atomic E-state index is 0.0878. The fourth-order valence-corrected chi connectivity index (χ4v) is 3.40. The van der Waals surface area contributed by atoms with Gasteiger partial charge in [-0.05, 0) is 44.0 Å². The van der Waals surface area contributed by atoms with Gasteiger partial charge in [-0.2, -0.15) is 0 Å². The number of benzene rings is 2. The van der Waals surface area contributed by atoms with E-state index in [0.29, 0.717) is 29.1 Å². The van der Waals surface area contributed by atoms with Gasteiger partial charge >= 0.3 is 5.97 Å². The zero-order valence-electron chi connectivity index (χ0n) is 16.7. The first kappa shape index (κ1) is 20.3. The van der Waals surface area contributed by atoms with Crippen molar-refractivity contribution in [1.29, 1.82) is 0 Å². The van der Waals surface area contributed by atoms with Crippen molar-refractivity contribution in [1.82, 2.24) is 4.57 Å². The summed E-state index contributed by atoms with van der Waals surface area (Å²) < 4.78 is 21.0. The van der Waals surface area contributed by atoms with E-state index in [-0.39, 0.29) is 12.3 Å². The lowest BCUT2D eigenvalue weighted by atomic mass is 10.1. The van der Waals surface area contributed by atoms with Crippen LogP contribution in [0.2, 0.25) is 0 Å². The number of para-hydroxylation sites is 1. The first-order valence-corrected chi connectivity index (χ1v) is 9.40. The van der Waals surface area contributed by atoms with Crippen molar-refractivity contribution in [2.45, 2.75) is 27.3 Å². The highest BCUT2D eigenvalue weighted by Crippen LogP contribution is 2.26. The minimum atomic E-state index is -0.523. The van der Waals surface area contributed by atoms with Crippen molar-refractivity contribution in [2.75, 3.05) is 11.9 Å². The van der Waals surface area contributed by atoms with E-state index in [1.807, 2.05) is 30.3 Å². The number of carbonyl (C=O) groups excluding carboxylic acids is 2. The molecule has 0 saturated carbocycles. The lowest BCUT2D eigenvalue weighted by Gasteiger charge is -2.12. The Labute approximate surface area is 169 Å². The molecule has 0 unspecified atom stereocenters. The predicted molar refractivity (Wildman–Crippen MR) is 110 cm³/mol. The lowest BCUT2D eigenvalue weighted by molar-refractivity contribution is 0.0513. The molecule has 6 heteroatoms. The molecule has 150 valence electrons. The molecule has 0 atom stereocenters. The smallest absolute Gasteiger partial charge is 0.355 e. The number of nitrogens with one attached hydrogen (secondary N) is 1. The van der Waals surface area contributed by atoms with Gasteiger partial charge in [-0.3, -0.25) is 4.79 Å². The first-order valence-electron chi connectivity index (χ1n) is 9.40. The molecule has 0 fully saturated rings. The van der Waals surface area contributed by atoms with Crippen molar-refractivity contribution >= 4 is 17.6 Å². The molecule has 1 heterocycles. The summed E-state index contributed by atoms with van der Waals surface area (Å²) in [5.74, 6) is -1.48. The van der Waals surface area contributed by atoms with Crippen LogP contribution in [-0.2, 0) is 11.3 Å². The van der Waals surface area contributed by atoms with Gasteiger partial charge in [-0.25, -0.2) is 9.18 Å². The summed E-state index contributed by atoms with van der Waals surface area (Å²) in [5, 5.41) is 2.60. The molecule has 5 nitrogen and oxygen atoms in total. The summed E-state index contributed by atoms with van der Waals surface area (Å²) >= 11 is 0. The number of amides is 1. The molecule has 0 aliphatic rings. The maximum atomic E-state index is 14.0. The maximum Gasteiger partial charge on any atom is 0.355 e. The molecule has 3 rings (SSSR count). The molecule has 0 radical (unpaired) electrons. The Hall–Kier alpha value is -3.41. The zero-order chi connectivity index (χ0) is 21.0. The monoisotopic (exact) mass is 394 g/mol. The van der Waals surface area contributed by atoms with E-state index in [1.165, 1.54) is 12.1 Å². The second kappa shape index (κ2) is 8.73. The zero-order valence-corrected chi connectivity index (χ0v) is 16.7. The topological polar surface area (TPSA) is 60.3 Å². The van der Waals surface area contributed by atoms with E-state index < -0.39 is 17.7 Å². The normalized spacial score (nSPS) is 10.6. The minimum Gasteiger partial charge on any atom is -0.461 e. The van der Waals surface area contributed by atoms with E-state index in [4.69, 9.17) is 4.74 Å². The van der Waals surface area contributed by atoms with Crippen molar-refractivity contribution in [3.8, 4) is 0 Å². The van der Waals surface area contributed by atoms with Gasteiger partial charge in [0.05, 0.1) is 17.9 Å². The first-order chi connectivity index (χ1) is 13.9. The Balaban J connectivity index is 2.05. The second-order valence-electron chi connectivity index (χ2n) is 6.66. The van der Waals surface area contributed by atoms with Crippen LogP contribution in [0.15, 0.2) is 54.6 Å². The van der Waals surface area contributed by atoms with Gasteiger partial charge in [0.25, 0.3) is 5.91 Å². The summed E-state index contributed by atoms with van der Waals surface area (Å²) in [7, 11) is 0. The van der Waals surface area contributed by atoms with Crippen LogP contribution in [-0.4, -0.2) is 23.1 Å². The lowest BCUT2D eigenvalue weighted by Crippen LogP contribution is -2.15. The molecule has 3 aromatic rings. The van der Waals surface area contributed by atoms with Crippen LogP contribution in [0.1, 0.15) is 44.6 Å². The number of ether oxygens (including phenoxy) is 1. The van der Waals surface area contributed by atoms with Crippen LogP contribution in [0.4, 0.5) is 10.1 Å². The van der Waals surface area contributed by atoms with E-state index in [0.717, 1.165) is 5.56 Å². The van der Waals surface area contributed by atoms with E-state index in [1.54, 1.807) is 37.5 Å². The number of hydrogen-bond donors (Lipinski definition) is 1. The van der Waals surface area contributed by atoms with Crippen molar-refractivity contribution in [3.05, 3.63) is 88.5 Å². The summed E-state index contributed by atoms with van der Waals surface area (Å²) in [6, 6.07) is 15.6. The van der Waals surface area contributed by atoms with Gasteiger partial charge in [0, 0.05) is 12.2 Å². The number of carbonyl (C=O) groups is 2. The summed E-state index contributed by atoms with van der Waals surface area (Å²) in [5.41, 5.74) is 2.86. The Kier molecular flexibility index (Phi) is 6.12. The molecule has 1 N–H and O–H groups in total. The summed E-state index contributed by atoms with van der Waals surface area (Å²) in [4.78, 5) is 25.6. The average molecular weight is 394 g/mol. The third kappa shape index (κ3) is 4.21. The summed E-state index contributed by atoms with van der Waals surface area (Å²) in [6.07, 6.45) is 0. The van der Waals surface area contributed by atoms with Gasteiger partial charge in [0.15, 0.2) is 0 Å². The standard InChI is InChI=1S/C23H23FN2O3/c1-4-29-23(28)21-15(2)20(22(27)25-19-13-9-8-12-18(19)24)16(3)26(21)14-17-10-6-5-7-11-17/h5-13H,4,14H2,1-3H3,(H,25,27). The van der Waals surface area contributed by atoms with Crippen LogP contribution < -0.4 is 5.32 Å². The average Bonchev–Trinajstić information content (AvgIpc) is 2.94. The van der Waals surface area contributed by atoms with Gasteiger partial charge in [-0.15, -0.1) is 0 Å². The highest BCUT2D eigenvalue weighted by Gasteiger charge is 2.27. The molecule has 2 aromatic carbocycles. The SMILES string of the molecule is CCOC(=O)c1c(C)c(C(=O)Nc2ccccc2F)c(C)n1Cc1ccccc1. The number of halogens is 1. The van der Waals surface area contributed by atoms with Crippen LogP contribution in [0.5, 0.6) is 0 Å². The maximum absolute atomic E-state index is 14.0. The summed E-state index contributed by atoms with van der Waals surface area (Å²) in [6.45, 7) is 5.85. The van der Waals surface area contributed by atoms with Crippen LogP contribution in [0.3, 0.4) is 0 Å². The van der Waals surface area contributed by atoms with Gasteiger partial charge in [-0.1, -0.05) is 42.5 Å². The molecule has 1 aromatic heterocycles. The van der Waals surface area contributed by atoms with Crippen LogP contribution in [0.25, 0.3) is 0 Å². The molecule has 0 saturated heterocycles. The molecular formula is C23H23FN2O3. The van der Waals surface area contributed by atoms with Gasteiger partial charge in [0.2, 0.25) is 0 Å². The highest BCUT2D eigenvalue weighted by atomic mass is 19.1. The van der Waals surface area contributed by atoms with E-state index in [9.17, 15) is 14.0 Å². The van der Waals surface area contributed by atoms with Gasteiger partial charge < -0.3 is 14.6 Å². The molecule has 0 spiro atoms. The quantitative estimate of drug-likeness (QED) is 0.616. The number of anilines is 1. The molecule has 29 heavy (non-hydrogen) atoms. The van der Waals surface area contributed by atoms with Gasteiger partial charge in [0.1, 0.15) is 11.5 Å². The Morgan fingerprint density at radius 1 is 1.03 bits per heavy atom. The Bertz CT molecular complexity index is 1040. The largest absolute Gasteiger partial charge is 0.461 e. The van der Waals surface area contributed by atoms with Crippen molar-refractivity contribution in [2.24, 2.45) is 0 Å². The Morgan fingerprint density at radius 2 is 1.69 bits per heavy atom. The number of rotatable bonds is 6. The molecule has 0 aliphatic carbocycles. The van der Waals surface area contributed by atoms with Crippen molar-refractivity contribution < 1.29 is 18.7 Å². The predicted octanol–water partition coefficient (Wildman–Crippen LogP) is 4.72. The van der Waals surface area contributed by atoms with E-state index >= 15 is 0 Å². The van der Waals surface area contributed by atoms with E-state index in [2.05, 4.69) is 5.32 Å². The molecular weight excluding hydrogens is 371 g/mol. The number of nitrogens with zero attached hydrogens (tertiary/aromatic N) is 1. The number of aromatic nitrogens is 1. The van der Waals surface area contributed by atoms with Crippen LogP contribution >= 0.6 is 0 Å². The molecule has 1 amide bonds. The second-order valence-corrected chi connectivity index (χ2v) is 6.66. The number of hydrogen-bond acceptors (Lipinski definition) is 3. The number of esters is 1.